The summed E-state index contributed by atoms with van der Waals surface area (Å²) in [6.45, 7) is 2.01. The number of carbonyl (C=O) groups is 1. The number of amides is 1. The summed E-state index contributed by atoms with van der Waals surface area (Å²) >= 11 is 0. The number of anilines is 1. The Morgan fingerprint density at radius 3 is 2.60 bits per heavy atom. The van der Waals surface area contributed by atoms with Crippen LogP contribution in [0.1, 0.15) is 17.3 Å². The zero-order valence-corrected chi connectivity index (χ0v) is 17.3. The molecule has 10 nitrogen and oxygen atoms in total. The number of sulfonamides is 1. The predicted molar refractivity (Wildman–Crippen MR) is 111 cm³/mol. The molecule has 0 saturated carbocycles. The van der Waals surface area contributed by atoms with Crippen molar-refractivity contribution >= 4 is 38.2 Å². The van der Waals surface area contributed by atoms with Crippen LogP contribution in [0.25, 0.3) is 10.9 Å². The zero-order valence-electron chi connectivity index (χ0n) is 16.5. The van der Waals surface area contributed by atoms with Crippen molar-refractivity contribution in [1.82, 2.24) is 9.29 Å². The molecule has 0 aliphatic rings. The minimum Gasteiger partial charge on any atom is -0.492 e. The smallest absolute Gasteiger partial charge is 0.270 e. The molecule has 158 valence electrons. The van der Waals surface area contributed by atoms with Gasteiger partial charge in [0, 0.05) is 49.0 Å². The van der Waals surface area contributed by atoms with Gasteiger partial charge in [-0.15, -0.1) is 0 Å². The van der Waals surface area contributed by atoms with Crippen molar-refractivity contribution < 1.29 is 22.9 Å². The summed E-state index contributed by atoms with van der Waals surface area (Å²) in [5.41, 5.74) is 0.855. The number of non-ortho nitro benzene ring substituents is 1. The number of carbonyl (C=O) groups excluding carboxylic acids is 1. The summed E-state index contributed by atoms with van der Waals surface area (Å²) in [4.78, 5) is 26.1. The first-order valence-electron chi connectivity index (χ1n) is 8.91. The average Bonchev–Trinajstić information content (AvgIpc) is 3.12. The van der Waals surface area contributed by atoms with Crippen molar-refractivity contribution in [3.63, 3.8) is 0 Å². The average molecular weight is 432 g/mol. The molecule has 2 aromatic carbocycles. The number of nitro groups is 1. The molecule has 1 amide bonds. The maximum absolute atomic E-state index is 12.8. The lowest BCUT2D eigenvalue weighted by Gasteiger charge is -2.16. The monoisotopic (exact) mass is 432 g/mol. The number of aromatic amines is 1. The van der Waals surface area contributed by atoms with Crippen LogP contribution in [0.3, 0.4) is 0 Å². The van der Waals surface area contributed by atoms with Gasteiger partial charge in [0.25, 0.3) is 11.6 Å². The third kappa shape index (κ3) is 3.98. The first-order chi connectivity index (χ1) is 14.1. The summed E-state index contributed by atoms with van der Waals surface area (Å²) in [6, 6.07) is 8.47. The standard InChI is InChI=1S/C19H20N4O6S/c1-4-29-17-8-5-12(9-18(17)30(27,28)22(2)3)21-19(24)15-11-20-16-7-6-13(23(25)26)10-14(15)16/h5-11,20H,4H2,1-3H3,(H,21,24). The van der Waals surface area contributed by atoms with E-state index < -0.39 is 20.9 Å². The fourth-order valence-corrected chi connectivity index (χ4v) is 3.92. The zero-order chi connectivity index (χ0) is 22.1. The SMILES string of the molecule is CCOc1ccc(NC(=O)c2c[nH]c3ccc([N+](=O)[O-])cc23)cc1S(=O)(=O)N(C)C. The number of fused-ring (bicyclic) bond motifs is 1. The normalized spacial score (nSPS) is 11.6. The van der Waals surface area contributed by atoms with Crippen molar-refractivity contribution in [1.29, 1.82) is 0 Å². The molecule has 0 aliphatic heterocycles. The number of hydrogen-bond acceptors (Lipinski definition) is 6. The maximum Gasteiger partial charge on any atom is 0.270 e. The van der Waals surface area contributed by atoms with Crippen LogP contribution in [0.2, 0.25) is 0 Å². The number of rotatable bonds is 7. The number of nitrogens with one attached hydrogen (secondary N) is 2. The first kappa shape index (κ1) is 21.3. The Hall–Kier alpha value is -3.44. The molecule has 0 unspecified atom stereocenters. The van der Waals surface area contributed by atoms with Gasteiger partial charge >= 0.3 is 0 Å². The van der Waals surface area contributed by atoms with Crippen LogP contribution >= 0.6 is 0 Å². The fraction of sp³-hybridized carbons (Fsp3) is 0.211. The summed E-state index contributed by atoms with van der Waals surface area (Å²) in [5.74, 6) is -0.369. The number of hydrogen-bond donors (Lipinski definition) is 2. The second kappa shape index (κ2) is 8.13. The number of benzene rings is 2. The quantitative estimate of drug-likeness (QED) is 0.435. The first-order valence-corrected chi connectivity index (χ1v) is 10.4. The third-order valence-electron chi connectivity index (χ3n) is 4.38. The van der Waals surface area contributed by atoms with E-state index in [9.17, 15) is 23.3 Å². The van der Waals surface area contributed by atoms with Crippen LogP contribution in [0, 0.1) is 10.1 Å². The lowest BCUT2D eigenvalue weighted by atomic mass is 10.1. The van der Waals surface area contributed by atoms with Gasteiger partial charge in [-0.3, -0.25) is 14.9 Å². The van der Waals surface area contributed by atoms with Crippen LogP contribution < -0.4 is 10.1 Å². The van der Waals surface area contributed by atoms with E-state index in [2.05, 4.69) is 10.3 Å². The number of ether oxygens (including phenoxy) is 1. The third-order valence-corrected chi connectivity index (χ3v) is 6.22. The predicted octanol–water partition coefficient (Wildman–Crippen LogP) is 2.98. The second-order valence-corrected chi connectivity index (χ2v) is 8.65. The van der Waals surface area contributed by atoms with Crippen LogP contribution in [0.15, 0.2) is 47.5 Å². The summed E-state index contributed by atoms with van der Waals surface area (Å²) < 4.78 is 31.7. The topological polar surface area (TPSA) is 135 Å². The highest BCUT2D eigenvalue weighted by Gasteiger charge is 2.24. The van der Waals surface area contributed by atoms with Gasteiger partial charge in [0.05, 0.1) is 17.1 Å². The molecule has 0 fully saturated rings. The van der Waals surface area contributed by atoms with Gasteiger partial charge in [-0.05, 0) is 31.2 Å². The summed E-state index contributed by atoms with van der Waals surface area (Å²) in [7, 11) is -1.02. The van der Waals surface area contributed by atoms with Gasteiger partial charge in [-0.2, -0.15) is 0 Å². The number of nitro benzene ring substituents is 1. The Bertz CT molecular complexity index is 1230. The minimum absolute atomic E-state index is 0.0817. The van der Waals surface area contributed by atoms with Gasteiger partial charge in [0.2, 0.25) is 10.0 Å². The van der Waals surface area contributed by atoms with Crippen molar-refractivity contribution in [3.8, 4) is 5.75 Å². The fourth-order valence-electron chi connectivity index (χ4n) is 2.87. The van der Waals surface area contributed by atoms with E-state index >= 15 is 0 Å². The molecule has 1 heterocycles. The highest BCUT2D eigenvalue weighted by atomic mass is 32.2. The van der Waals surface area contributed by atoms with Crippen LogP contribution in [0.5, 0.6) is 5.75 Å². The van der Waals surface area contributed by atoms with E-state index in [1.807, 2.05) is 0 Å². The molecule has 30 heavy (non-hydrogen) atoms. The van der Waals surface area contributed by atoms with Gasteiger partial charge < -0.3 is 15.0 Å². The van der Waals surface area contributed by atoms with E-state index in [-0.39, 0.29) is 34.2 Å². The molecule has 0 bridgehead atoms. The van der Waals surface area contributed by atoms with Crippen molar-refractivity contribution in [2.75, 3.05) is 26.0 Å². The number of nitrogens with zero attached hydrogens (tertiary/aromatic N) is 2. The Labute approximate surface area is 172 Å². The Kier molecular flexibility index (Phi) is 5.76. The Morgan fingerprint density at radius 2 is 1.97 bits per heavy atom. The lowest BCUT2D eigenvalue weighted by Crippen LogP contribution is -2.23. The van der Waals surface area contributed by atoms with E-state index in [0.29, 0.717) is 10.9 Å². The van der Waals surface area contributed by atoms with E-state index in [0.717, 1.165) is 4.31 Å². The van der Waals surface area contributed by atoms with Crippen LogP contribution in [0.4, 0.5) is 11.4 Å². The summed E-state index contributed by atoms with van der Waals surface area (Å²) in [6.07, 6.45) is 1.44. The number of H-pyrrole nitrogens is 1. The van der Waals surface area contributed by atoms with Crippen molar-refractivity contribution in [3.05, 3.63) is 58.3 Å². The van der Waals surface area contributed by atoms with E-state index in [1.165, 1.54) is 56.7 Å². The second-order valence-electron chi connectivity index (χ2n) is 6.53. The molecule has 3 rings (SSSR count). The molecule has 2 N–H and O–H groups in total. The molecule has 3 aromatic rings. The molecule has 0 radical (unpaired) electrons. The van der Waals surface area contributed by atoms with Crippen molar-refractivity contribution in [2.24, 2.45) is 0 Å². The molecule has 0 aliphatic carbocycles. The molecular weight excluding hydrogens is 412 g/mol. The molecule has 1 aromatic heterocycles. The Morgan fingerprint density at radius 1 is 1.23 bits per heavy atom. The summed E-state index contributed by atoms with van der Waals surface area (Å²) in [5, 5.41) is 14.1. The minimum atomic E-state index is -3.82. The maximum atomic E-state index is 12.8. The van der Waals surface area contributed by atoms with Crippen molar-refractivity contribution in [2.45, 2.75) is 11.8 Å². The van der Waals surface area contributed by atoms with Crippen LogP contribution in [-0.4, -0.2) is 49.2 Å². The van der Waals surface area contributed by atoms with Crippen LogP contribution in [-0.2, 0) is 10.0 Å². The van der Waals surface area contributed by atoms with Gasteiger partial charge in [0.1, 0.15) is 10.6 Å². The van der Waals surface area contributed by atoms with Gasteiger partial charge in [0.15, 0.2) is 0 Å². The molecule has 0 spiro atoms. The Balaban J connectivity index is 1.98. The lowest BCUT2D eigenvalue weighted by molar-refractivity contribution is -0.384. The van der Waals surface area contributed by atoms with E-state index in [4.69, 9.17) is 4.74 Å². The number of aromatic nitrogens is 1. The molecular formula is C19H20N4O6S. The highest BCUT2D eigenvalue weighted by molar-refractivity contribution is 7.89. The van der Waals surface area contributed by atoms with E-state index in [1.54, 1.807) is 6.92 Å². The molecule has 0 atom stereocenters. The molecule has 0 saturated heterocycles. The van der Waals surface area contributed by atoms with Gasteiger partial charge in [-0.25, -0.2) is 12.7 Å². The molecule has 11 heteroatoms. The highest BCUT2D eigenvalue weighted by Crippen LogP contribution is 2.30. The largest absolute Gasteiger partial charge is 0.492 e. The van der Waals surface area contributed by atoms with Gasteiger partial charge in [-0.1, -0.05) is 0 Å².